The van der Waals surface area contributed by atoms with Gasteiger partial charge >= 0.3 is 0 Å². The summed E-state index contributed by atoms with van der Waals surface area (Å²) in [5.41, 5.74) is 5.59. The van der Waals surface area contributed by atoms with E-state index in [-0.39, 0.29) is 17.3 Å². The van der Waals surface area contributed by atoms with E-state index >= 15 is 0 Å². The highest BCUT2D eigenvalue weighted by Crippen LogP contribution is 2.28. The monoisotopic (exact) mass is 296 g/mol. The minimum absolute atomic E-state index is 0.00293. The van der Waals surface area contributed by atoms with E-state index in [0.717, 1.165) is 31.4 Å². The molecule has 3 nitrogen and oxygen atoms in total. The van der Waals surface area contributed by atoms with Gasteiger partial charge in [-0.05, 0) is 31.2 Å². The Balaban J connectivity index is 2.10. The van der Waals surface area contributed by atoms with E-state index in [1.807, 2.05) is 6.92 Å². The first-order valence-electron chi connectivity index (χ1n) is 7.58. The van der Waals surface area contributed by atoms with Gasteiger partial charge in [0.15, 0.2) is 11.6 Å². The smallest absolute Gasteiger partial charge is 0.253 e. The molecule has 0 bridgehead atoms. The lowest BCUT2D eigenvalue weighted by atomic mass is 9.83. The van der Waals surface area contributed by atoms with Crippen molar-refractivity contribution in [3.05, 3.63) is 29.3 Å². The van der Waals surface area contributed by atoms with E-state index in [9.17, 15) is 13.6 Å². The second-order valence-corrected chi connectivity index (χ2v) is 5.74. The quantitative estimate of drug-likeness (QED) is 0.834. The topological polar surface area (TPSA) is 55.1 Å². The average molecular weight is 296 g/mol. The van der Waals surface area contributed by atoms with Gasteiger partial charge in [0, 0.05) is 17.8 Å². The highest BCUT2D eigenvalue weighted by molar-refractivity contribution is 5.99. The zero-order valence-corrected chi connectivity index (χ0v) is 12.3. The standard InChI is InChI=1S/C16H22F2N2O/c1-2-15(10-6-4-3-5-7-10)20-16(21)11-8-12(17)13(18)9-14(11)19/h8-10,15H,2-7,19H2,1H3,(H,20,21). The Bertz CT molecular complexity index is 513. The number of nitrogens with one attached hydrogen (secondary N) is 1. The van der Waals surface area contributed by atoms with Crippen LogP contribution in [0.15, 0.2) is 12.1 Å². The van der Waals surface area contributed by atoms with Crippen molar-refractivity contribution in [3.63, 3.8) is 0 Å². The van der Waals surface area contributed by atoms with Crippen molar-refractivity contribution in [1.82, 2.24) is 5.32 Å². The molecule has 1 aromatic rings. The largest absolute Gasteiger partial charge is 0.398 e. The summed E-state index contributed by atoms with van der Waals surface area (Å²) in [5.74, 6) is -2.06. The Morgan fingerprint density at radius 2 is 1.90 bits per heavy atom. The van der Waals surface area contributed by atoms with Crippen LogP contribution in [0.1, 0.15) is 55.8 Å². The third-order valence-electron chi connectivity index (χ3n) is 4.31. The predicted octanol–water partition coefficient (Wildman–Crippen LogP) is 3.64. The number of carbonyl (C=O) groups is 1. The highest BCUT2D eigenvalue weighted by atomic mass is 19.2. The lowest BCUT2D eigenvalue weighted by molar-refractivity contribution is 0.0911. The molecule has 1 fully saturated rings. The fourth-order valence-corrected chi connectivity index (χ4v) is 3.09. The third-order valence-corrected chi connectivity index (χ3v) is 4.31. The fraction of sp³-hybridized carbons (Fsp3) is 0.562. The maximum atomic E-state index is 13.3. The molecule has 21 heavy (non-hydrogen) atoms. The highest BCUT2D eigenvalue weighted by Gasteiger charge is 2.25. The number of anilines is 1. The number of rotatable bonds is 4. The molecule has 1 aromatic carbocycles. The number of nitrogen functional groups attached to an aromatic ring is 1. The number of hydrogen-bond acceptors (Lipinski definition) is 2. The van der Waals surface area contributed by atoms with Crippen molar-refractivity contribution in [2.75, 3.05) is 5.73 Å². The van der Waals surface area contributed by atoms with Crippen LogP contribution in [0, 0.1) is 17.6 Å². The molecular weight excluding hydrogens is 274 g/mol. The number of nitrogens with two attached hydrogens (primary N) is 1. The first-order chi connectivity index (χ1) is 10.0. The maximum absolute atomic E-state index is 13.3. The number of carbonyl (C=O) groups excluding carboxylic acids is 1. The Hall–Kier alpha value is -1.65. The Kier molecular flexibility index (Phi) is 5.15. The number of halogens is 2. The molecule has 0 saturated heterocycles. The molecule has 1 aliphatic carbocycles. The van der Waals surface area contributed by atoms with Crippen molar-refractivity contribution in [3.8, 4) is 0 Å². The zero-order valence-electron chi connectivity index (χ0n) is 12.3. The van der Waals surface area contributed by atoms with Gasteiger partial charge in [-0.3, -0.25) is 4.79 Å². The summed E-state index contributed by atoms with van der Waals surface area (Å²) >= 11 is 0. The lowest BCUT2D eigenvalue weighted by Crippen LogP contribution is -2.41. The van der Waals surface area contributed by atoms with Crippen LogP contribution in [-0.4, -0.2) is 11.9 Å². The van der Waals surface area contributed by atoms with Gasteiger partial charge in [0.2, 0.25) is 0 Å². The van der Waals surface area contributed by atoms with E-state index < -0.39 is 17.5 Å². The van der Waals surface area contributed by atoms with Crippen LogP contribution in [0.25, 0.3) is 0 Å². The molecule has 0 spiro atoms. The maximum Gasteiger partial charge on any atom is 0.253 e. The third kappa shape index (κ3) is 3.71. The molecule has 2 rings (SSSR count). The molecule has 0 aromatic heterocycles. The Labute approximate surface area is 123 Å². The first-order valence-corrected chi connectivity index (χ1v) is 7.58. The summed E-state index contributed by atoms with van der Waals surface area (Å²) in [6, 6.07) is 1.78. The summed E-state index contributed by atoms with van der Waals surface area (Å²) in [6.45, 7) is 2.02. The van der Waals surface area contributed by atoms with Crippen molar-refractivity contribution in [1.29, 1.82) is 0 Å². The summed E-state index contributed by atoms with van der Waals surface area (Å²) in [5, 5.41) is 2.93. The second-order valence-electron chi connectivity index (χ2n) is 5.74. The molecule has 5 heteroatoms. The van der Waals surface area contributed by atoms with E-state index in [1.165, 1.54) is 19.3 Å². The van der Waals surface area contributed by atoms with Gasteiger partial charge in [0.1, 0.15) is 0 Å². The number of hydrogen-bond donors (Lipinski definition) is 2. The predicted molar refractivity (Wildman–Crippen MR) is 78.9 cm³/mol. The van der Waals surface area contributed by atoms with Crippen molar-refractivity contribution in [2.45, 2.75) is 51.5 Å². The summed E-state index contributed by atoms with van der Waals surface area (Å²) in [4.78, 5) is 12.3. The number of benzene rings is 1. The normalized spacial score (nSPS) is 17.5. The van der Waals surface area contributed by atoms with E-state index in [0.29, 0.717) is 5.92 Å². The van der Waals surface area contributed by atoms with Crippen molar-refractivity contribution >= 4 is 11.6 Å². The van der Waals surface area contributed by atoms with Crippen LogP contribution < -0.4 is 11.1 Å². The van der Waals surface area contributed by atoms with E-state index in [2.05, 4.69) is 5.32 Å². The van der Waals surface area contributed by atoms with Gasteiger partial charge in [0.25, 0.3) is 5.91 Å². The zero-order chi connectivity index (χ0) is 15.4. The van der Waals surface area contributed by atoms with Crippen LogP contribution in [0.5, 0.6) is 0 Å². The summed E-state index contributed by atoms with van der Waals surface area (Å²) in [6.07, 6.45) is 6.64. The van der Waals surface area contributed by atoms with Gasteiger partial charge in [-0.1, -0.05) is 26.2 Å². The van der Waals surface area contributed by atoms with Crippen LogP contribution >= 0.6 is 0 Å². The molecule has 1 atom stereocenters. The van der Waals surface area contributed by atoms with Crippen LogP contribution in [0.4, 0.5) is 14.5 Å². The minimum Gasteiger partial charge on any atom is -0.398 e. The minimum atomic E-state index is -1.06. The van der Waals surface area contributed by atoms with Crippen LogP contribution in [-0.2, 0) is 0 Å². The molecule has 1 unspecified atom stereocenters. The Morgan fingerprint density at radius 1 is 1.29 bits per heavy atom. The average Bonchev–Trinajstić information content (AvgIpc) is 2.49. The summed E-state index contributed by atoms with van der Waals surface area (Å²) < 4.78 is 26.3. The first kappa shape index (κ1) is 15.7. The SMILES string of the molecule is CCC(NC(=O)c1cc(F)c(F)cc1N)C1CCCCC1. The van der Waals surface area contributed by atoms with Gasteiger partial charge in [-0.15, -0.1) is 0 Å². The van der Waals surface area contributed by atoms with Gasteiger partial charge in [0.05, 0.1) is 5.56 Å². The molecule has 116 valence electrons. The van der Waals surface area contributed by atoms with Gasteiger partial charge < -0.3 is 11.1 Å². The lowest BCUT2D eigenvalue weighted by Gasteiger charge is -2.30. The molecule has 1 saturated carbocycles. The molecule has 0 radical (unpaired) electrons. The van der Waals surface area contributed by atoms with Crippen molar-refractivity contribution < 1.29 is 13.6 Å². The molecule has 1 amide bonds. The summed E-state index contributed by atoms with van der Waals surface area (Å²) in [7, 11) is 0. The Morgan fingerprint density at radius 3 is 2.52 bits per heavy atom. The van der Waals surface area contributed by atoms with E-state index in [4.69, 9.17) is 5.73 Å². The van der Waals surface area contributed by atoms with Gasteiger partial charge in [-0.2, -0.15) is 0 Å². The molecule has 0 heterocycles. The van der Waals surface area contributed by atoms with Crippen molar-refractivity contribution in [2.24, 2.45) is 5.92 Å². The fourth-order valence-electron chi connectivity index (χ4n) is 3.09. The number of amides is 1. The van der Waals surface area contributed by atoms with Gasteiger partial charge in [-0.25, -0.2) is 8.78 Å². The molecular formula is C16H22F2N2O. The molecule has 1 aliphatic rings. The molecule has 3 N–H and O–H groups in total. The van der Waals surface area contributed by atoms with Crippen LogP contribution in [0.3, 0.4) is 0 Å². The van der Waals surface area contributed by atoms with E-state index in [1.54, 1.807) is 0 Å². The van der Waals surface area contributed by atoms with Crippen LogP contribution in [0.2, 0.25) is 0 Å². The second kappa shape index (κ2) is 6.87. The molecule has 0 aliphatic heterocycles.